The van der Waals surface area contributed by atoms with Crippen molar-refractivity contribution < 1.29 is 0 Å². The Hall–Kier alpha value is -0.780. The molecule has 0 rings (SSSR count). The van der Waals surface area contributed by atoms with Crippen molar-refractivity contribution in [2.24, 2.45) is 0 Å². The van der Waals surface area contributed by atoms with Crippen LogP contribution in [0.25, 0.3) is 0 Å². The van der Waals surface area contributed by atoms with Crippen molar-refractivity contribution in [1.29, 1.82) is 0 Å². The Labute approximate surface area is 110 Å². The molecule has 0 bridgehead atoms. The fourth-order valence-electron chi connectivity index (χ4n) is 1.35. The Bertz CT molecular complexity index is 202. The van der Waals surface area contributed by atoms with E-state index in [1.54, 1.807) is 0 Å². The summed E-state index contributed by atoms with van der Waals surface area (Å²) in [6, 6.07) is 0. The predicted octanol–water partition coefficient (Wildman–Crippen LogP) is 6.45. The Balaban J connectivity index is 0. The highest BCUT2D eigenvalue weighted by atomic mass is 13.9. The predicted molar refractivity (Wildman–Crippen MR) is 82.4 cm³/mol. The first kappa shape index (κ1) is 18.6. The maximum Gasteiger partial charge on any atom is -0.0376 e. The molecule has 0 N–H and O–H groups in total. The van der Waals surface area contributed by atoms with Crippen LogP contribution in [0.3, 0.4) is 0 Å². The van der Waals surface area contributed by atoms with E-state index in [-0.39, 0.29) is 0 Å². The fraction of sp³-hybridized carbons (Fsp3) is 0.647. The highest BCUT2D eigenvalue weighted by Crippen LogP contribution is 2.00. The van der Waals surface area contributed by atoms with Crippen molar-refractivity contribution in [3.63, 3.8) is 0 Å². The van der Waals surface area contributed by atoms with Crippen molar-refractivity contribution >= 4 is 0 Å². The second-order valence-electron chi connectivity index (χ2n) is 4.31. The number of hydrogen-bond acceptors (Lipinski definition) is 0. The van der Waals surface area contributed by atoms with Crippen LogP contribution in [0, 0.1) is 0 Å². The van der Waals surface area contributed by atoms with Gasteiger partial charge in [-0.2, -0.15) is 0 Å². The summed E-state index contributed by atoms with van der Waals surface area (Å²) in [4.78, 5) is 0. The standard InChI is InChI=1S/C10H16.C7H16/c1-4-6-7-9-10(3)8-5-2;1-3-5-7-6-4-2/h5-9H,4H2,1-3H3;3-7H2,1-2H3/b7-6+,8-5-,10-9-;. The van der Waals surface area contributed by atoms with Gasteiger partial charge in [-0.15, -0.1) is 0 Å². The molecular weight excluding hydrogens is 204 g/mol. The summed E-state index contributed by atoms with van der Waals surface area (Å²) < 4.78 is 0. The molecule has 0 aliphatic carbocycles. The highest BCUT2D eigenvalue weighted by Gasteiger charge is 1.80. The van der Waals surface area contributed by atoms with E-state index < -0.39 is 0 Å². The molecule has 0 atom stereocenters. The molecule has 0 saturated heterocycles. The zero-order chi connectivity index (χ0) is 13.4. The van der Waals surface area contributed by atoms with Gasteiger partial charge >= 0.3 is 0 Å². The largest absolute Gasteiger partial charge is 0.0874 e. The van der Waals surface area contributed by atoms with E-state index in [2.05, 4.69) is 52.0 Å². The van der Waals surface area contributed by atoms with Crippen LogP contribution in [0.15, 0.2) is 36.0 Å². The molecule has 0 aromatic carbocycles. The first-order valence-corrected chi connectivity index (χ1v) is 7.18. The summed E-state index contributed by atoms with van der Waals surface area (Å²) in [6.45, 7) is 10.8. The lowest BCUT2D eigenvalue weighted by Crippen LogP contribution is -1.70. The molecule has 0 aliphatic heterocycles. The summed E-state index contributed by atoms with van der Waals surface area (Å²) in [5, 5.41) is 0. The number of hydrogen-bond donors (Lipinski definition) is 0. The van der Waals surface area contributed by atoms with Crippen molar-refractivity contribution in [2.75, 3.05) is 0 Å². The summed E-state index contributed by atoms with van der Waals surface area (Å²) in [7, 11) is 0. The number of unbranched alkanes of at least 4 members (excludes halogenated alkanes) is 4. The minimum atomic E-state index is 1.11. The summed E-state index contributed by atoms with van der Waals surface area (Å²) in [5.41, 5.74) is 1.30. The average molecular weight is 236 g/mol. The zero-order valence-electron chi connectivity index (χ0n) is 12.6. The molecule has 0 heterocycles. The van der Waals surface area contributed by atoms with Crippen LogP contribution in [0.5, 0.6) is 0 Å². The maximum absolute atomic E-state index is 2.25. The van der Waals surface area contributed by atoms with Gasteiger partial charge in [0, 0.05) is 0 Å². The molecule has 0 heteroatoms. The third-order valence-corrected chi connectivity index (χ3v) is 2.37. The van der Waals surface area contributed by atoms with Gasteiger partial charge in [0.2, 0.25) is 0 Å². The van der Waals surface area contributed by atoms with Crippen molar-refractivity contribution in [3.05, 3.63) is 36.0 Å². The molecule has 0 saturated carbocycles. The van der Waals surface area contributed by atoms with Gasteiger partial charge in [0.25, 0.3) is 0 Å². The number of allylic oxidation sites excluding steroid dienone is 6. The highest BCUT2D eigenvalue weighted by molar-refractivity contribution is 5.20. The lowest BCUT2D eigenvalue weighted by atomic mass is 10.2. The molecule has 0 aliphatic rings. The molecule has 0 amide bonds. The van der Waals surface area contributed by atoms with Crippen LogP contribution in [0.1, 0.15) is 73.1 Å². The SMILES string of the molecule is CCCCCCC.C\C=C/C(C)=C\C=C\CC. The van der Waals surface area contributed by atoms with Gasteiger partial charge in [0.15, 0.2) is 0 Å². The summed E-state index contributed by atoms with van der Waals surface area (Å²) >= 11 is 0. The van der Waals surface area contributed by atoms with Gasteiger partial charge in [0.1, 0.15) is 0 Å². The Kier molecular flexibility index (Phi) is 19.2. The molecule has 17 heavy (non-hydrogen) atoms. The monoisotopic (exact) mass is 236 g/mol. The topological polar surface area (TPSA) is 0 Å². The minimum Gasteiger partial charge on any atom is -0.0874 e. The number of rotatable bonds is 7. The molecule has 0 nitrogen and oxygen atoms in total. The average Bonchev–Trinajstić information content (AvgIpc) is 2.31. The van der Waals surface area contributed by atoms with Crippen LogP contribution >= 0.6 is 0 Å². The molecule has 0 spiro atoms. The maximum atomic E-state index is 2.25. The molecule has 0 aromatic heterocycles. The quantitative estimate of drug-likeness (QED) is 0.352. The van der Waals surface area contributed by atoms with Crippen LogP contribution in [0.4, 0.5) is 0 Å². The fourth-order valence-corrected chi connectivity index (χ4v) is 1.35. The lowest BCUT2D eigenvalue weighted by molar-refractivity contribution is 0.656. The zero-order valence-corrected chi connectivity index (χ0v) is 12.6. The van der Waals surface area contributed by atoms with Gasteiger partial charge in [-0.3, -0.25) is 0 Å². The van der Waals surface area contributed by atoms with Gasteiger partial charge in [-0.1, -0.05) is 88.8 Å². The van der Waals surface area contributed by atoms with Gasteiger partial charge in [-0.05, 0) is 20.3 Å². The van der Waals surface area contributed by atoms with Crippen LogP contribution in [-0.2, 0) is 0 Å². The van der Waals surface area contributed by atoms with E-state index in [0.29, 0.717) is 0 Å². The first-order chi connectivity index (χ1) is 8.22. The normalized spacial score (nSPS) is 11.9. The lowest BCUT2D eigenvalue weighted by Gasteiger charge is -1.90. The molecule has 0 aromatic rings. The summed E-state index contributed by atoms with van der Waals surface area (Å²) in [6.07, 6.45) is 18.6. The van der Waals surface area contributed by atoms with Crippen molar-refractivity contribution in [2.45, 2.75) is 73.1 Å². The van der Waals surface area contributed by atoms with Gasteiger partial charge < -0.3 is 0 Å². The van der Waals surface area contributed by atoms with E-state index in [1.165, 1.54) is 37.7 Å². The van der Waals surface area contributed by atoms with Gasteiger partial charge in [-0.25, -0.2) is 0 Å². The Morgan fingerprint density at radius 1 is 0.941 bits per heavy atom. The van der Waals surface area contributed by atoms with E-state index >= 15 is 0 Å². The first-order valence-electron chi connectivity index (χ1n) is 7.18. The van der Waals surface area contributed by atoms with Crippen molar-refractivity contribution in [1.82, 2.24) is 0 Å². The third kappa shape index (κ3) is 21.1. The second kappa shape index (κ2) is 17.6. The Morgan fingerprint density at radius 3 is 1.94 bits per heavy atom. The molecule has 0 radical (unpaired) electrons. The molecule has 100 valence electrons. The van der Waals surface area contributed by atoms with Crippen LogP contribution in [-0.4, -0.2) is 0 Å². The van der Waals surface area contributed by atoms with E-state index in [1.807, 2.05) is 13.0 Å². The molecule has 0 fully saturated rings. The second-order valence-corrected chi connectivity index (χ2v) is 4.31. The summed E-state index contributed by atoms with van der Waals surface area (Å²) in [5.74, 6) is 0. The molecule has 0 unspecified atom stereocenters. The molecular formula is C17H32. The van der Waals surface area contributed by atoms with E-state index in [0.717, 1.165) is 6.42 Å². The van der Waals surface area contributed by atoms with Gasteiger partial charge in [0.05, 0.1) is 0 Å². The Morgan fingerprint density at radius 2 is 1.53 bits per heavy atom. The minimum absolute atomic E-state index is 1.11. The van der Waals surface area contributed by atoms with Crippen molar-refractivity contribution in [3.8, 4) is 0 Å². The van der Waals surface area contributed by atoms with Crippen LogP contribution < -0.4 is 0 Å². The third-order valence-electron chi connectivity index (χ3n) is 2.37. The van der Waals surface area contributed by atoms with Crippen LogP contribution in [0.2, 0.25) is 0 Å². The smallest absolute Gasteiger partial charge is 0.0376 e. The van der Waals surface area contributed by atoms with E-state index in [4.69, 9.17) is 0 Å². The van der Waals surface area contributed by atoms with E-state index in [9.17, 15) is 0 Å².